The lowest BCUT2D eigenvalue weighted by Gasteiger charge is -2.33. The fourth-order valence-electron chi connectivity index (χ4n) is 2.90. The first kappa shape index (κ1) is 15.9. The van der Waals surface area contributed by atoms with Crippen molar-refractivity contribution in [3.63, 3.8) is 0 Å². The quantitative estimate of drug-likeness (QED) is 0.678. The Kier molecular flexibility index (Phi) is 4.63. The highest BCUT2D eigenvalue weighted by Gasteiger charge is 2.37. The molecule has 0 radical (unpaired) electrons. The van der Waals surface area contributed by atoms with Gasteiger partial charge in [0.25, 0.3) is 5.69 Å². The Morgan fingerprint density at radius 1 is 1.29 bits per heavy atom. The third-order valence-electron chi connectivity index (χ3n) is 4.30. The minimum Gasteiger partial charge on any atom is -0.327 e. The summed E-state index contributed by atoms with van der Waals surface area (Å²) in [6.07, 6.45) is 3.18. The molecule has 0 bridgehead atoms. The summed E-state index contributed by atoms with van der Waals surface area (Å²) in [5.41, 5.74) is 5.89. The van der Waals surface area contributed by atoms with Crippen LogP contribution in [0.25, 0.3) is 0 Å². The summed E-state index contributed by atoms with van der Waals surface area (Å²) in [7, 11) is -3.54. The van der Waals surface area contributed by atoms with E-state index in [0.29, 0.717) is 18.8 Å². The smallest absolute Gasteiger partial charge is 0.269 e. The van der Waals surface area contributed by atoms with E-state index in [0.717, 1.165) is 12.8 Å². The van der Waals surface area contributed by atoms with E-state index in [1.807, 2.05) is 0 Å². The summed E-state index contributed by atoms with van der Waals surface area (Å²) in [5.74, 6) is 0.377. The van der Waals surface area contributed by atoms with E-state index in [1.54, 1.807) is 0 Å². The minimum absolute atomic E-state index is 0.116. The summed E-state index contributed by atoms with van der Waals surface area (Å²) in [5, 5.41) is 10.0. The molecule has 0 amide bonds. The van der Waals surface area contributed by atoms with Gasteiger partial charge in [0, 0.05) is 18.2 Å². The lowest BCUT2D eigenvalue weighted by Crippen LogP contribution is -2.45. The number of hydrogen-bond acceptors (Lipinski definition) is 5. The minimum atomic E-state index is -3.54. The second-order valence-corrected chi connectivity index (χ2v) is 7.75. The van der Waals surface area contributed by atoms with Gasteiger partial charge in [-0.3, -0.25) is 10.1 Å². The Balaban J connectivity index is 2.29. The molecule has 1 aliphatic carbocycles. The van der Waals surface area contributed by atoms with Crippen LogP contribution in [-0.2, 0) is 9.84 Å². The van der Waals surface area contributed by atoms with E-state index in [9.17, 15) is 18.5 Å². The number of sulfone groups is 1. The van der Waals surface area contributed by atoms with Gasteiger partial charge in [0.1, 0.15) is 0 Å². The molecule has 1 fully saturated rings. The lowest BCUT2D eigenvalue weighted by atomic mass is 9.84. The molecule has 7 heteroatoms. The predicted octanol–water partition coefficient (Wildman–Crippen LogP) is 2.27. The molecule has 6 nitrogen and oxygen atoms in total. The number of non-ortho nitro benzene ring substituents is 1. The zero-order valence-electron chi connectivity index (χ0n) is 11.9. The van der Waals surface area contributed by atoms with E-state index in [2.05, 4.69) is 6.92 Å². The highest BCUT2D eigenvalue weighted by atomic mass is 32.2. The van der Waals surface area contributed by atoms with Crippen LogP contribution < -0.4 is 5.73 Å². The molecule has 1 aromatic rings. The van der Waals surface area contributed by atoms with Crippen LogP contribution in [0.5, 0.6) is 0 Å². The van der Waals surface area contributed by atoms with Crippen LogP contribution in [0.4, 0.5) is 5.69 Å². The number of nitrogens with two attached hydrogens (primary N) is 1. The third kappa shape index (κ3) is 3.24. The van der Waals surface area contributed by atoms with Crippen molar-refractivity contribution in [1.29, 1.82) is 0 Å². The van der Waals surface area contributed by atoms with Gasteiger partial charge in [-0.25, -0.2) is 8.42 Å². The van der Waals surface area contributed by atoms with Crippen molar-refractivity contribution in [2.75, 3.05) is 0 Å². The summed E-state index contributed by atoms with van der Waals surface area (Å²) < 4.78 is 25.4. The van der Waals surface area contributed by atoms with Crippen molar-refractivity contribution in [3.8, 4) is 0 Å². The van der Waals surface area contributed by atoms with Gasteiger partial charge < -0.3 is 5.73 Å². The van der Waals surface area contributed by atoms with E-state index in [4.69, 9.17) is 5.73 Å². The number of benzene rings is 1. The van der Waals surface area contributed by atoms with Crippen LogP contribution in [0, 0.1) is 16.0 Å². The maximum absolute atomic E-state index is 12.7. The molecular weight excluding hydrogens is 292 g/mol. The Hall–Kier alpha value is -1.47. The molecule has 21 heavy (non-hydrogen) atoms. The third-order valence-corrected chi connectivity index (χ3v) is 6.57. The van der Waals surface area contributed by atoms with Gasteiger partial charge in [-0.05, 0) is 37.3 Å². The van der Waals surface area contributed by atoms with Crippen LogP contribution in [-0.4, -0.2) is 24.6 Å². The van der Waals surface area contributed by atoms with Gasteiger partial charge in [-0.15, -0.1) is 0 Å². The molecule has 0 aliphatic heterocycles. The molecular formula is C14H20N2O4S. The fourth-order valence-corrected chi connectivity index (χ4v) is 4.88. The molecule has 0 heterocycles. The normalized spacial score (nSPS) is 26.5. The molecule has 2 N–H and O–H groups in total. The maximum Gasteiger partial charge on any atom is 0.269 e. The first-order chi connectivity index (χ1) is 9.86. The van der Waals surface area contributed by atoms with Gasteiger partial charge in [0.15, 0.2) is 9.84 Å². The highest BCUT2D eigenvalue weighted by molar-refractivity contribution is 7.92. The standard InChI is InChI=1S/C14H20N2O4S/c1-2-10-3-8-13(15)14(9-10)21(19,20)12-6-4-11(5-7-12)16(17)18/h4-7,10,13-14H,2-3,8-9,15H2,1H3. The van der Waals surface area contributed by atoms with Gasteiger partial charge in [0.05, 0.1) is 15.1 Å². The Bertz CT molecular complexity index is 612. The van der Waals surface area contributed by atoms with Gasteiger partial charge >= 0.3 is 0 Å². The topological polar surface area (TPSA) is 103 Å². The number of rotatable bonds is 4. The molecule has 0 saturated heterocycles. The number of hydrogen-bond donors (Lipinski definition) is 1. The van der Waals surface area contributed by atoms with Gasteiger partial charge in [-0.1, -0.05) is 13.3 Å². The number of nitrogens with zero attached hydrogens (tertiary/aromatic N) is 1. The van der Waals surface area contributed by atoms with E-state index >= 15 is 0 Å². The summed E-state index contributed by atoms with van der Waals surface area (Å²) in [6, 6.07) is 4.68. The summed E-state index contributed by atoms with van der Waals surface area (Å²) in [4.78, 5) is 10.2. The number of nitro benzene ring substituents is 1. The Morgan fingerprint density at radius 3 is 2.43 bits per heavy atom. The maximum atomic E-state index is 12.7. The first-order valence-electron chi connectivity index (χ1n) is 7.10. The summed E-state index contributed by atoms with van der Waals surface area (Å²) in [6.45, 7) is 2.05. The molecule has 1 saturated carbocycles. The van der Waals surface area contributed by atoms with Crippen molar-refractivity contribution >= 4 is 15.5 Å². The van der Waals surface area contributed by atoms with Crippen LogP contribution in [0.15, 0.2) is 29.2 Å². The van der Waals surface area contributed by atoms with E-state index in [1.165, 1.54) is 24.3 Å². The van der Waals surface area contributed by atoms with Crippen molar-refractivity contribution in [2.24, 2.45) is 11.7 Å². The highest BCUT2D eigenvalue weighted by Crippen LogP contribution is 2.33. The second-order valence-electron chi connectivity index (χ2n) is 5.59. The molecule has 3 atom stereocenters. The Morgan fingerprint density at radius 2 is 1.90 bits per heavy atom. The largest absolute Gasteiger partial charge is 0.327 e. The van der Waals surface area contributed by atoms with Crippen LogP contribution >= 0.6 is 0 Å². The zero-order chi connectivity index (χ0) is 15.6. The predicted molar refractivity (Wildman–Crippen MR) is 79.7 cm³/mol. The number of nitro groups is 1. The second kappa shape index (κ2) is 6.11. The fraction of sp³-hybridized carbons (Fsp3) is 0.571. The van der Waals surface area contributed by atoms with Crippen molar-refractivity contribution in [1.82, 2.24) is 0 Å². The first-order valence-corrected chi connectivity index (χ1v) is 8.64. The molecule has 0 spiro atoms. The van der Waals surface area contributed by atoms with Crippen LogP contribution in [0.1, 0.15) is 32.6 Å². The lowest BCUT2D eigenvalue weighted by molar-refractivity contribution is -0.384. The van der Waals surface area contributed by atoms with Crippen molar-refractivity contribution in [2.45, 2.75) is 48.8 Å². The van der Waals surface area contributed by atoms with Gasteiger partial charge in [-0.2, -0.15) is 0 Å². The molecule has 3 unspecified atom stereocenters. The SMILES string of the molecule is CCC1CCC(N)C(S(=O)(=O)c2ccc([N+](=O)[O-])cc2)C1. The van der Waals surface area contributed by atoms with E-state index < -0.39 is 20.0 Å². The molecule has 116 valence electrons. The average molecular weight is 312 g/mol. The van der Waals surface area contributed by atoms with Crippen molar-refractivity contribution in [3.05, 3.63) is 34.4 Å². The molecule has 2 rings (SSSR count). The van der Waals surface area contributed by atoms with Crippen LogP contribution in [0.2, 0.25) is 0 Å². The van der Waals surface area contributed by atoms with E-state index in [-0.39, 0.29) is 16.6 Å². The summed E-state index contributed by atoms with van der Waals surface area (Å²) >= 11 is 0. The molecule has 1 aromatic carbocycles. The average Bonchev–Trinajstić information content (AvgIpc) is 2.47. The van der Waals surface area contributed by atoms with Crippen molar-refractivity contribution < 1.29 is 13.3 Å². The molecule has 1 aliphatic rings. The van der Waals surface area contributed by atoms with Crippen LogP contribution in [0.3, 0.4) is 0 Å². The monoisotopic (exact) mass is 312 g/mol. The zero-order valence-corrected chi connectivity index (χ0v) is 12.8. The molecule has 0 aromatic heterocycles. The Labute approximate surface area is 124 Å². The van der Waals surface area contributed by atoms with Gasteiger partial charge in [0.2, 0.25) is 0 Å².